The third-order valence-corrected chi connectivity index (χ3v) is 6.04. The largest absolute Gasteiger partial charge is 0.497 e. The second-order valence-electron chi connectivity index (χ2n) is 8.04. The van der Waals surface area contributed by atoms with Gasteiger partial charge in [-0.3, -0.25) is 4.79 Å². The maximum Gasteiger partial charge on any atom is 0.277 e. The molecule has 31 heavy (non-hydrogen) atoms. The lowest BCUT2D eigenvalue weighted by atomic mass is 10.2. The van der Waals surface area contributed by atoms with Crippen LogP contribution in [0.5, 0.6) is 17.2 Å². The Labute approximate surface area is 184 Å². The standard InChI is InChI=1S/C24H31N3O4/c1-3-26(16-21-18-30-22-6-4-5-7-23(22)31-21)24(28)17-25-12-14-27(15-13-25)19-8-10-20(29-2)11-9-19/h4-11,21H,3,12-18H2,1-2H3/p+1/t21-/m0/s1. The van der Waals surface area contributed by atoms with Gasteiger partial charge in [-0.1, -0.05) is 12.1 Å². The Morgan fingerprint density at radius 3 is 2.52 bits per heavy atom. The Balaban J connectivity index is 1.25. The van der Waals surface area contributed by atoms with Gasteiger partial charge < -0.3 is 28.9 Å². The van der Waals surface area contributed by atoms with E-state index < -0.39 is 0 Å². The van der Waals surface area contributed by atoms with Crippen molar-refractivity contribution < 1.29 is 23.9 Å². The molecule has 166 valence electrons. The maximum absolute atomic E-state index is 13.0. The molecule has 7 heteroatoms. The minimum absolute atomic E-state index is 0.138. The summed E-state index contributed by atoms with van der Waals surface area (Å²) in [5, 5.41) is 0. The number of amides is 1. The summed E-state index contributed by atoms with van der Waals surface area (Å²) >= 11 is 0. The quantitative estimate of drug-likeness (QED) is 0.718. The fourth-order valence-corrected chi connectivity index (χ4v) is 4.18. The first kappa shape index (κ1) is 21.3. The summed E-state index contributed by atoms with van der Waals surface area (Å²) in [4.78, 5) is 18.6. The van der Waals surface area contributed by atoms with Crippen molar-refractivity contribution in [1.82, 2.24) is 4.90 Å². The molecule has 0 bridgehead atoms. The molecule has 1 atom stereocenters. The summed E-state index contributed by atoms with van der Waals surface area (Å²) in [7, 11) is 1.68. The molecular weight excluding hydrogens is 394 g/mol. The molecule has 4 rings (SSSR count). The Bertz CT molecular complexity index is 865. The lowest BCUT2D eigenvalue weighted by molar-refractivity contribution is -0.892. The lowest BCUT2D eigenvalue weighted by Crippen LogP contribution is -3.16. The molecule has 1 N–H and O–H groups in total. The SMILES string of the molecule is CCN(C[C@H]1COc2ccccc2O1)C(=O)C[NH+]1CCN(c2ccc(OC)cc2)CC1. The molecule has 7 nitrogen and oxygen atoms in total. The van der Waals surface area contributed by atoms with E-state index in [-0.39, 0.29) is 12.0 Å². The van der Waals surface area contributed by atoms with Crippen molar-refractivity contribution in [3.63, 3.8) is 0 Å². The summed E-state index contributed by atoms with van der Waals surface area (Å²) in [5.41, 5.74) is 1.20. The summed E-state index contributed by atoms with van der Waals surface area (Å²) in [6, 6.07) is 15.9. The summed E-state index contributed by atoms with van der Waals surface area (Å²) < 4.78 is 17.1. The van der Waals surface area contributed by atoms with Crippen LogP contribution in [0.3, 0.4) is 0 Å². The molecular formula is C24H32N3O4+. The highest BCUT2D eigenvalue weighted by Crippen LogP contribution is 2.31. The number of quaternary nitrogens is 1. The number of likely N-dealkylation sites (N-methyl/N-ethyl adjacent to an activating group) is 1. The molecule has 0 radical (unpaired) electrons. The van der Waals surface area contributed by atoms with E-state index in [2.05, 4.69) is 17.0 Å². The first-order valence-electron chi connectivity index (χ1n) is 11.0. The van der Waals surface area contributed by atoms with Crippen molar-refractivity contribution in [1.29, 1.82) is 0 Å². The molecule has 2 heterocycles. The molecule has 0 unspecified atom stereocenters. The number of ether oxygens (including phenoxy) is 3. The van der Waals surface area contributed by atoms with E-state index in [4.69, 9.17) is 14.2 Å². The molecule has 2 aromatic carbocycles. The van der Waals surface area contributed by atoms with Crippen LogP contribution in [-0.2, 0) is 4.79 Å². The van der Waals surface area contributed by atoms with Gasteiger partial charge in [0.15, 0.2) is 24.1 Å². The molecule has 1 amide bonds. The van der Waals surface area contributed by atoms with Crippen LogP contribution < -0.4 is 24.0 Å². The fraction of sp³-hybridized carbons (Fsp3) is 0.458. The second kappa shape index (κ2) is 9.92. The number of carbonyl (C=O) groups excluding carboxylic acids is 1. The van der Waals surface area contributed by atoms with Gasteiger partial charge in [0.2, 0.25) is 0 Å². The van der Waals surface area contributed by atoms with Crippen LogP contribution in [0.4, 0.5) is 5.69 Å². The number of carbonyl (C=O) groups is 1. The van der Waals surface area contributed by atoms with E-state index in [1.54, 1.807) is 7.11 Å². The number of nitrogens with one attached hydrogen (secondary N) is 1. The zero-order valence-corrected chi connectivity index (χ0v) is 18.4. The van der Waals surface area contributed by atoms with Crippen molar-refractivity contribution in [2.24, 2.45) is 0 Å². The number of hydrogen-bond donors (Lipinski definition) is 1. The number of fused-ring (bicyclic) bond motifs is 1. The highest BCUT2D eigenvalue weighted by Gasteiger charge is 2.28. The van der Waals surface area contributed by atoms with Gasteiger partial charge in [0.25, 0.3) is 5.91 Å². The molecule has 1 saturated heterocycles. The first-order valence-corrected chi connectivity index (χ1v) is 11.0. The van der Waals surface area contributed by atoms with E-state index >= 15 is 0 Å². The average molecular weight is 427 g/mol. The van der Waals surface area contributed by atoms with E-state index in [1.807, 2.05) is 48.2 Å². The number of methoxy groups -OCH3 is 1. The zero-order chi connectivity index (χ0) is 21.6. The van der Waals surface area contributed by atoms with Gasteiger partial charge >= 0.3 is 0 Å². The topological polar surface area (TPSA) is 55.7 Å². The van der Waals surface area contributed by atoms with E-state index in [9.17, 15) is 4.79 Å². The molecule has 0 spiro atoms. The Kier molecular flexibility index (Phi) is 6.82. The minimum atomic E-state index is -0.138. The van der Waals surface area contributed by atoms with Crippen molar-refractivity contribution >= 4 is 11.6 Å². The monoisotopic (exact) mass is 426 g/mol. The third kappa shape index (κ3) is 5.22. The maximum atomic E-state index is 13.0. The van der Waals surface area contributed by atoms with E-state index in [0.29, 0.717) is 26.2 Å². The highest BCUT2D eigenvalue weighted by molar-refractivity contribution is 5.77. The summed E-state index contributed by atoms with van der Waals surface area (Å²) in [6.45, 7) is 8.02. The van der Waals surface area contributed by atoms with Crippen molar-refractivity contribution in [3.8, 4) is 17.2 Å². The van der Waals surface area contributed by atoms with Crippen molar-refractivity contribution in [3.05, 3.63) is 48.5 Å². The number of nitrogens with zero attached hydrogens (tertiary/aromatic N) is 2. The number of benzene rings is 2. The molecule has 2 aliphatic heterocycles. The molecule has 0 saturated carbocycles. The van der Waals surface area contributed by atoms with Gasteiger partial charge in [-0.05, 0) is 43.3 Å². The number of rotatable bonds is 7. The zero-order valence-electron chi connectivity index (χ0n) is 18.4. The van der Waals surface area contributed by atoms with Gasteiger partial charge in [-0.2, -0.15) is 0 Å². The number of piperazine rings is 1. The predicted molar refractivity (Wildman–Crippen MR) is 119 cm³/mol. The van der Waals surface area contributed by atoms with E-state index in [0.717, 1.165) is 43.4 Å². The summed E-state index contributed by atoms with van der Waals surface area (Å²) in [5.74, 6) is 2.57. The molecule has 0 aliphatic carbocycles. The van der Waals surface area contributed by atoms with Crippen molar-refractivity contribution in [2.75, 3.05) is 64.4 Å². The third-order valence-electron chi connectivity index (χ3n) is 6.04. The van der Waals surface area contributed by atoms with Gasteiger partial charge in [-0.25, -0.2) is 0 Å². The number of hydrogen-bond acceptors (Lipinski definition) is 5. The van der Waals surface area contributed by atoms with E-state index in [1.165, 1.54) is 10.6 Å². The fourth-order valence-electron chi connectivity index (χ4n) is 4.18. The smallest absolute Gasteiger partial charge is 0.277 e. The molecule has 0 aromatic heterocycles. The van der Waals surface area contributed by atoms with Gasteiger partial charge in [0.1, 0.15) is 12.4 Å². The Morgan fingerprint density at radius 2 is 1.84 bits per heavy atom. The first-order chi connectivity index (χ1) is 15.2. The van der Waals surface area contributed by atoms with Crippen LogP contribution in [0.2, 0.25) is 0 Å². The lowest BCUT2D eigenvalue weighted by Gasteiger charge is -2.35. The normalized spacial score (nSPS) is 18.5. The van der Waals surface area contributed by atoms with Crippen molar-refractivity contribution in [2.45, 2.75) is 13.0 Å². The number of para-hydroxylation sites is 2. The second-order valence-corrected chi connectivity index (χ2v) is 8.04. The molecule has 2 aliphatic rings. The number of anilines is 1. The van der Waals surface area contributed by atoms with Gasteiger partial charge in [0.05, 0.1) is 39.8 Å². The van der Waals surface area contributed by atoms with Crippen LogP contribution in [0.25, 0.3) is 0 Å². The van der Waals surface area contributed by atoms with Gasteiger partial charge in [0, 0.05) is 12.2 Å². The molecule has 2 aromatic rings. The highest BCUT2D eigenvalue weighted by atomic mass is 16.6. The molecule has 1 fully saturated rings. The Hall–Kier alpha value is -2.93. The van der Waals surface area contributed by atoms with Crippen LogP contribution >= 0.6 is 0 Å². The van der Waals surface area contributed by atoms with Crippen LogP contribution in [0.15, 0.2) is 48.5 Å². The van der Waals surface area contributed by atoms with Crippen LogP contribution in [-0.4, -0.2) is 76.4 Å². The van der Waals surface area contributed by atoms with Gasteiger partial charge in [-0.15, -0.1) is 0 Å². The average Bonchev–Trinajstić information content (AvgIpc) is 2.83. The minimum Gasteiger partial charge on any atom is -0.497 e. The van der Waals surface area contributed by atoms with Crippen LogP contribution in [0, 0.1) is 0 Å². The van der Waals surface area contributed by atoms with Crippen LogP contribution in [0.1, 0.15) is 6.92 Å². The summed E-state index contributed by atoms with van der Waals surface area (Å²) in [6.07, 6.45) is -0.138. The Morgan fingerprint density at radius 1 is 1.13 bits per heavy atom. The predicted octanol–water partition coefficient (Wildman–Crippen LogP) is 1.09.